The van der Waals surface area contributed by atoms with Crippen LogP contribution in [-0.4, -0.2) is 10.7 Å². The molecule has 0 aromatic heterocycles. The van der Waals surface area contributed by atoms with Gasteiger partial charge in [-0.05, 0) is 31.1 Å². The van der Waals surface area contributed by atoms with E-state index in [0.717, 1.165) is 32.1 Å². The smallest absolute Gasteiger partial charge is 0.0863 e. The Hall–Kier alpha value is -0.550. The number of aliphatic hydroxyl groups is 1. The molecule has 84 valence electrons. The summed E-state index contributed by atoms with van der Waals surface area (Å²) in [7, 11) is 0. The Morgan fingerprint density at radius 2 is 1.87 bits per heavy atom. The summed E-state index contributed by atoms with van der Waals surface area (Å²) in [4.78, 5) is 0. The molecule has 2 aliphatic rings. The van der Waals surface area contributed by atoms with Crippen LogP contribution in [-0.2, 0) is 0 Å². The molecule has 0 amide bonds. The van der Waals surface area contributed by atoms with Crippen molar-refractivity contribution in [2.75, 3.05) is 0 Å². The van der Waals surface area contributed by atoms with Gasteiger partial charge in [-0.2, -0.15) is 5.26 Å². The Balaban J connectivity index is 2.28. The van der Waals surface area contributed by atoms with Gasteiger partial charge in [0.15, 0.2) is 0 Å². The first kappa shape index (κ1) is 11.0. The molecule has 0 spiro atoms. The van der Waals surface area contributed by atoms with Crippen LogP contribution in [0.2, 0.25) is 0 Å². The van der Waals surface area contributed by atoms with E-state index in [1.165, 1.54) is 6.42 Å². The van der Waals surface area contributed by atoms with Gasteiger partial charge in [0.25, 0.3) is 0 Å². The van der Waals surface area contributed by atoms with Crippen molar-refractivity contribution < 1.29 is 5.11 Å². The lowest BCUT2D eigenvalue weighted by Crippen LogP contribution is -2.58. The van der Waals surface area contributed by atoms with Crippen molar-refractivity contribution in [3.63, 3.8) is 0 Å². The van der Waals surface area contributed by atoms with E-state index in [9.17, 15) is 10.4 Å². The van der Waals surface area contributed by atoms with Gasteiger partial charge in [-0.15, -0.1) is 0 Å². The van der Waals surface area contributed by atoms with E-state index in [0.29, 0.717) is 5.92 Å². The van der Waals surface area contributed by atoms with Gasteiger partial charge in [-0.3, -0.25) is 0 Å². The molecular formula is C13H21NO. The Kier molecular flexibility index (Phi) is 2.55. The number of hydrogen-bond acceptors (Lipinski definition) is 2. The lowest BCUT2D eigenvalue weighted by atomic mass is 9.51. The lowest BCUT2D eigenvalue weighted by molar-refractivity contribution is -0.161. The van der Waals surface area contributed by atoms with E-state index in [-0.39, 0.29) is 5.92 Å². The van der Waals surface area contributed by atoms with E-state index in [4.69, 9.17) is 0 Å². The first-order chi connectivity index (χ1) is 7.06. The van der Waals surface area contributed by atoms with Gasteiger partial charge in [-0.1, -0.05) is 33.1 Å². The van der Waals surface area contributed by atoms with Crippen LogP contribution in [0.1, 0.15) is 52.4 Å². The molecule has 0 aliphatic heterocycles. The molecule has 0 heterocycles. The van der Waals surface area contributed by atoms with Crippen molar-refractivity contribution in [1.82, 2.24) is 0 Å². The highest BCUT2D eigenvalue weighted by Crippen LogP contribution is 2.57. The molecule has 0 radical (unpaired) electrons. The maximum Gasteiger partial charge on any atom is 0.0863 e. The van der Waals surface area contributed by atoms with Crippen LogP contribution < -0.4 is 0 Å². The predicted molar refractivity (Wildman–Crippen MR) is 59.0 cm³/mol. The quantitative estimate of drug-likeness (QED) is 0.718. The Morgan fingerprint density at radius 3 is 2.33 bits per heavy atom. The summed E-state index contributed by atoms with van der Waals surface area (Å²) in [5.41, 5.74) is -1.13. The zero-order valence-electron chi connectivity index (χ0n) is 9.79. The van der Waals surface area contributed by atoms with Crippen molar-refractivity contribution >= 4 is 0 Å². The van der Waals surface area contributed by atoms with E-state index in [1.807, 2.05) is 0 Å². The highest BCUT2D eigenvalue weighted by Gasteiger charge is 2.58. The SMILES string of the molecule is CC1CCCC(O)(C2(C#N)CCC2)C1C. The summed E-state index contributed by atoms with van der Waals surface area (Å²) >= 11 is 0. The van der Waals surface area contributed by atoms with Gasteiger partial charge < -0.3 is 5.11 Å². The minimum Gasteiger partial charge on any atom is -0.388 e. The number of nitriles is 1. The average molecular weight is 207 g/mol. The van der Waals surface area contributed by atoms with Gasteiger partial charge >= 0.3 is 0 Å². The van der Waals surface area contributed by atoms with Crippen LogP contribution in [0.4, 0.5) is 0 Å². The summed E-state index contributed by atoms with van der Waals surface area (Å²) in [6, 6.07) is 2.43. The lowest BCUT2D eigenvalue weighted by Gasteiger charge is -2.55. The topological polar surface area (TPSA) is 44.0 Å². The van der Waals surface area contributed by atoms with Gasteiger partial charge in [0.1, 0.15) is 0 Å². The van der Waals surface area contributed by atoms with Gasteiger partial charge in [0, 0.05) is 0 Å². The van der Waals surface area contributed by atoms with Crippen molar-refractivity contribution in [2.24, 2.45) is 17.3 Å². The van der Waals surface area contributed by atoms with Gasteiger partial charge in [0.05, 0.1) is 17.1 Å². The molecule has 2 rings (SSSR count). The second kappa shape index (κ2) is 3.49. The third-order valence-electron chi connectivity index (χ3n) is 5.07. The zero-order chi connectivity index (χ0) is 11.1. The van der Waals surface area contributed by atoms with Crippen LogP contribution in [0, 0.1) is 28.6 Å². The van der Waals surface area contributed by atoms with E-state index >= 15 is 0 Å². The standard InChI is InChI=1S/C13H21NO/c1-10-5-3-8-13(15,11(10)2)12(9-14)6-4-7-12/h10-11,15H,3-8H2,1-2H3. The zero-order valence-corrected chi connectivity index (χ0v) is 9.79. The normalized spacial score (nSPS) is 44.1. The maximum absolute atomic E-state index is 10.9. The second-order valence-corrected chi connectivity index (χ2v) is 5.63. The minimum atomic E-state index is -0.711. The van der Waals surface area contributed by atoms with E-state index < -0.39 is 11.0 Å². The highest BCUT2D eigenvalue weighted by molar-refractivity contribution is 5.18. The molecule has 0 aromatic rings. The van der Waals surface area contributed by atoms with Crippen molar-refractivity contribution in [3.05, 3.63) is 0 Å². The molecule has 0 saturated heterocycles. The summed E-state index contributed by atoms with van der Waals surface area (Å²) in [6.45, 7) is 4.33. The molecule has 0 bridgehead atoms. The fraction of sp³-hybridized carbons (Fsp3) is 0.923. The second-order valence-electron chi connectivity index (χ2n) is 5.63. The van der Waals surface area contributed by atoms with Crippen LogP contribution in [0.3, 0.4) is 0 Å². The third kappa shape index (κ3) is 1.33. The first-order valence-electron chi connectivity index (χ1n) is 6.19. The first-order valence-corrected chi connectivity index (χ1v) is 6.19. The number of rotatable bonds is 1. The van der Waals surface area contributed by atoms with E-state index in [1.54, 1.807) is 0 Å². The van der Waals surface area contributed by atoms with Crippen LogP contribution in [0.15, 0.2) is 0 Å². The Bertz CT molecular complexity index is 289. The molecule has 2 aliphatic carbocycles. The summed E-state index contributed by atoms with van der Waals surface area (Å²) in [5, 5.41) is 20.2. The van der Waals surface area contributed by atoms with Crippen molar-refractivity contribution in [1.29, 1.82) is 5.26 Å². The predicted octanol–water partition coefficient (Wildman–Crippen LogP) is 2.87. The number of hydrogen-bond donors (Lipinski definition) is 1. The van der Waals surface area contributed by atoms with Crippen LogP contribution in [0.25, 0.3) is 0 Å². The monoisotopic (exact) mass is 207 g/mol. The fourth-order valence-electron chi connectivity index (χ4n) is 3.49. The maximum atomic E-state index is 10.9. The number of nitrogens with zero attached hydrogens (tertiary/aromatic N) is 1. The highest BCUT2D eigenvalue weighted by atomic mass is 16.3. The molecule has 3 unspecified atom stereocenters. The average Bonchev–Trinajstić information content (AvgIpc) is 2.13. The summed E-state index contributed by atoms with van der Waals surface area (Å²) < 4.78 is 0. The molecule has 1 N–H and O–H groups in total. The largest absolute Gasteiger partial charge is 0.388 e. The molecule has 2 fully saturated rings. The molecular weight excluding hydrogens is 186 g/mol. The molecule has 2 saturated carbocycles. The molecule has 15 heavy (non-hydrogen) atoms. The molecule has 2 nitrogen and oxygen atoms in total. The van der Waals surface area contributed by atoms with Gasteiger partial charge in [-0.25, -0.2) is 0 Å². The molecule has 2 heteroatoms. The summed E-state index contributed by atoms with van der Waals surface area (Å²) in [5.74, 6) is 0.820. The van der Waals surface area contributed by atoms with Gasteiger partial charge in [0.2, 0.25) is 0 Å². The molecule has 0 aromatic carbocycles. The molecule has 3 atom stereocenters. The van der Waals surface area contributed by atoms with Crippen molar-refractivity contribution in [3.8, 4) is 6.07 Å². The Labute approximate surface area is 92.3 Å². The third-order valence-corrected chi connectivity index (χ3v) is 5.07. The minimum absolute atomic E-state index is 0.270. The van der Waals surface area contributed by atoms with Crippen LogP contribution >= 0.6 is 0 Å². The summed E-state index contributed by atoms with van der Waals surface area (Å²) in [6.07, 6.45) is 6.01. The van der Waals surface area contributed by atoms with Crippen LogP contribution in [0.5, 0.6) is 0 Å². The van der Waals surface area contributed by atoms with Crippen molar-refractivity contribution in [2.45, 2.75) is 58.0 Å². The fourth-order valence-corrected chi connectivity index (χ4v) is 3.49. The Morgan fingerprint density at radius 1 is 1.20 bits per heavy atom. The van der Waals surface area contributed by atoms with E-state index in [2.05, 4.69) is 19.9 Å².